The summed E-state index contributed by atoms with van der Waals surface area (Å²) >= 11 is 1.89. The molecule has 0 radical (unpaired) electrons. The lowest BCUT2D eigenvalue weighted by Crippen LogP contribution is -2.29. The molecule has 0 saturated carbocycles. The maximum absolute atomic E-state index is 5.09. The van der Waals surface area contributed by atoms with Crippen molar-refractivity contribution >= 4 is 22.6 Å². The van der Waals surface area contributed by atoms with E-state index in [0.717, 1.165) is 25.3 Å². The number of hydrogen-bond acceptors (Lipinski definition) is 5. The number of aryl methyl sites for hydroxylation is 1. The molecule has 1 fully saturated rings. The van der Waals surface area contributed by atoms with Crippen molar-refractivity contribution in [2.45, 2.75) is 45.0 Å². The smallest absolute Gasteiger partial charge is 0.160 e. The third kappa shape index (κ3) is 3.33. The lowest BCUT2D eigenvalue weighted by molar-refractivity contribution is 0.320. The van der Waals surface area contributed by atoms with Gasteiger partial charge in [0.05, 0.1) is 11.7 Å². The van der Waals surface area contributed by atoms with E-state index in [1.165, 1.54) is 22.0 Å². The molecule has 0 bridgehead atoms. The van der Waals surface area contributed by atoms with E-state index in [2.05, 4.69) is 72.8 Å². The summed E-state index contributed by atoms with van der Waals surface area (Å²) in [7, 11) is 0. The summed E-state index contributed by atoms with van der Waals surface area (Å²) in [6.45, 7) is 12.1. The van der Waals surface area contributed by atoms with E-state index >= 15 is 0 Å². The van der Waals surface area contributed by atoms with Crippen molar-refractivity contribution in [1.82, 2.24) is 9.88 Å². The minimum Gasteiger partial charge on any atom is -0.372 e. The van der Waals surface area contributed by atoms with Crippen molar-refractivity contribution in [1.29, 1.82) is 0 Å². The number of rotatable bonds is 5. The molecule has 0 spiro atoms. The summed E-state index contributed by atoms with van der Waals surface area (Å²) in [4.78, 5) is 14.6. The van der Waals surface area contributed by atoms with Gasteiger partial charge in [0.2, 0.25) is 0 Å². The van der Waals surface area contributed by atoms with Crippen molar-refractivity contribution < 1.29 is 0 Å². The first-order valence-electron chi connectivity index (χ1n) is 9.89. The highest BCUT2D eigenvalue weighted by Gasteiger charge is 2.43. The molecule has 27 heavy (non-hydrogen) atoms. The predicted octanol–water partition coefficient (Wildman–Crippen LogP) is 4.83. The summed E-state index contributed by atoms with van der Waals surface area (Å²) in [5.41, 5.74) is 5.07. The van der Waals surface area contributed by atoms with Gasteiger partial charge in [0.1, 0.15) is 6.04 Å². The van der Waals surface area contributed by atoms with E-state index in [1.807, 2.05) is 24.0 Å². The molecule has 0 aliphatic carbocycles. The van der Waals surface area contributed by atoms with Gasteiger partial charge in [0.25, 0.3) is 0 Å². The molecule has 5 heteroatoms. The number of fused-ring (bicyclic) bond motifs is 1. The van der Waals surface area contributed by atoms with E-state index in [-0.39, 0.29) is 12.1 Å². The molecule has 2 aliphatic heterocycles. The largest absolute Gasteiger partial charge is 0.372 e. The number of pyridine rings is 1. The van der Waals surface area contributed by atoms with Crippen LogP contribution in [0.4, 0.5) is 5.69 Å². The van der Waals surface area contributed by atoms with Crippen LogP contribution in [0.5, 0.6) is 0 Å². The topological polar surface area (TPSA) is 31.7 Å². The van der Waals surface area contributed by atoms with Gasteiger partial charge in [0.15, 0.2) is 5.17 Å². The summed E-state index contributed by atoms with van der Waals surface area (Å²) in [6.07, 6.45) is 1.88. The zero-order chi connectivity index (χ0) is 19.0. The van der Waals surface area contributed by atoms with Gasteiger partial charge in [-0.3, -0.25) is 9.98 Å². The van der Waals surface area contributed by atoms with Gasteiger partial charge in [-0.1, -0.05) is 30.8 Å². The number of anilines is 1. The molecular formula is C22H28N4S. The molecule has 1 saturated heterocycles. The van der Waals surface area contributed by atoms with Crippen molar-refractivity contribution in [3.63, 3.8) is 0 Å². The Kier molecular flexibility index (Phi) is 5.13. The molecule has 0 amide bonds. The average Bonchev–Trinajstić information content (AvgIpc) is 3.20. The Morgan fingerprint density at radius 1 is 1.19 bits per heavy atom. The van der Waals surface area contributed by atoms with Crippen LogP contribution in [0.15, 0.2) is 47.6 Å². The standard InChI is InChI=1S/C22H28N4S/c1-5-25(6-2)17-10-11-18(15(3)13-17)21-20(19-9-7-8-12-23-19)24-22-26(21)14-16(4)27-22/h7-13,16,20-21H,5-6,14H2,1-4H3/t16-,20-,21-/m0/s1. The van der Waals surface area contributed by atoms with Gasteiger partial charge in [-0.05, 0) is 56.2 Å². The minimum atomic E-state index is 0.0687. The fourth-order valence-electron chi connectivity index (χ4n) is 4.23. The molecule has 1 aromatic heterocycles. The monoisotopic (exact) mass is 380 g/mol. The Hall–Kier alpha value is -2.01. The first-order valence-corrected chi connectivity index (χ1v) is 10.8. The van der Waals surface area contributed by atoms with Crippen LogP contribution >= 0.6 is 11.8 Å². The molecule has 4 rings (SSSR count). The fraction of sp³-hybridized carbons (Fsp3) is 0.455. The van der Waals surface area contributed by atoms with Gasteiger partial charge in [-0.2, -0.15) is 0 Å². The Morgan fingerprint density at radius 2 is 2.00 bits per heavy atom. The number of hydrogen-bond donors (Lipinski definition) is 0. The van der Waals surface area contributed by atoms with Crippen LogP contribution in [-0.2, 0) is 0 Å². The normalized spacial score (nSPS) is 24.1. The Bertz CT molecular complexity index is 831. The second-order valence-corrected chi connectivity index (χ2v) is 8.76. The number of benzene rings is 1. The summed E-state index contributed by atoms with van der Waals surface area (Å²) in [5.74, 6) is 0. The highest BCUT2D eigenvalue weighted by molar-refractivity contribution is 8.14. The van der Waals surface area contributed by atoms with Crippen LogP contribution in [0.3, 0.4) is 0 Å². The van der Waals surface area contributed by atoms with Crippen molar-refractivity contribution in [3.05, 3.63) is 59.4 Å². The van der Waals surface area contributed by atoms with Gasteiger partial charge in [-0.25, -0.2) is 0 Å². The van der Waals surface area contributed by atoms with Crippen LogP contribution in [0.2, 0.25) is 0 Å². The maximum atomic E-state index is 5.09. The van der Waals surface area contributed by atoms with Crippen LogP contribution in [0.25, 0.3) is 0 Å². The van der Waals surface area contributed by atoms with Crippen LogP contribution in [0, 0.1) is 6.92 Å². The third-order valence-electron chi connectivity index (χ3n) is 5.58. The molecule has 0 unspecified atom stereocenters. The minimum absolute atomic E-state index is 0.0687. The van der Waals surface area contributed by atoms with Crippen LogP contribution < -0.4 is 4.90 Å². The number of nitrogens with zero attached hydrogens (tertiary/aromatic N) is 4. The number of thioether (sulfide) groups is 1. The molecule has 3 heterocycles. The van der Waals surface area contributed by atoms with Crippen LogP contribution in [0.1, 0.15) is 49.7 Å². The molecule has 2 aliphatic rings. The first-order chi connectivity index (χ1) is 13.1. The summed E-state index contributed by atoms with van der Waals surface area (Å²) in [5, 5.41) is 1.77. The van der Waals surface area contributed by atoms with E-state index in [9.17, 15) is 0 Å². The molecule has 4 nitrogen and oxygen atoms in total. The zero-order valence-corrected chi connectivity index (χ0v) is 17.4. The Balaban J connectivity index is 1.74. The van der Waals surface area contributed by atoms with Gasteiger partial charge < -0.3 is 9.80 Å². The molecule has 0 N–H and O–H groups in total. The molecule has 1 aromatic carbocycles. The van der Waals surface area contributed by atoms with Crippen molar-refractivity contribution in [2.75, 3.05) is 24.5 Å². The Labute approximate surface area is 166 Å². The SMILES string of the molecule is CCN(CC)c1ccc([C@H]2[C@H](c3ccccn3)N=C3S[C@@H](C)CN32)c(C)c1. The van der Waals surface area contributed by atoms with Gasteiger partial charge in [-0.15, -0.1) is 0 Å². The van der Waals surface area contributed by atoms with E-state index in [1.54, 1.807) is 0 Å². The zero-order valence-electron chi connectivity index (χ0n) is 16.6. The number of aliphatic imine (C=N–C) groups is 1. The van der Waals surface area contributed by atoms with Crippen LogP contribution in [-0.4, -0.2) is 39.9 Å². The molecule has 2 aromatic rings. The van der Waals surface area contributed by atoms with Crippen molar-refractivity contribution in [3.8, 4) is 0 Å². The maximum Gasteiger partial charge on any atom is 0.160 e. The molecule has 142 valence electrons. The second kappa shape index (κ2) is 7.55. The van der Waals surface area contributed by atoms with Gasteiger partial charge in [0, 0.05) is 36.8 Å². The predicted molar refractivity (Wildman–Crippen MR) is 116 cm³/mol. The van der Waals surface area contributed by atoms with E-state index in [0.29, 0.717) is 5.25 Å². The highest BCUT2D eigenvalue weighted by atomic mass is 32.2. The lowest BCUT2D eigenvalue weighted by Gasteiger charge is -2.30. The summed E-state index contributed by atoms with van der Waals surface area (Å²) in [6, 6.07) is 13.4. The lowest BCUT2D eigenvalue weighted by atomic mass is 9.92. The first kappa shape index (κ1) is 18.4. The summed E-state index contributed by atoms with van der Waals surface area (Å²) < 4.78 is 0. The average molecular weight is 381 g/mol. The van der Waals surface area contributed by atoms with Crippen molar-refractivity contribution in [2.24, 2.45) is 4.99 Å². The number of aromatic nitrogens is 1. The second-order valence-electron chi connectivity index (χ2n) is 7.35. The number of amidine groups is 1. The Morgan fingerprint density at radius 3 is 2.67 bits per heavy atom. The quantitative estimate of drug-likeness (QED) is 0.744. The van der Waals surface area contributed by atoms with Gasteiger partial charge >= 0.3 is 0 Å². The highest BCUT2D eigenvalue weighted by Crippen LogP contribution is 2.48. The fourth-order valence-corrected chi connectivity index (χ4v) is 5.32. The third-order valence-corrected chi connectivity index (χ3v) is 6.68. The molecule has 3 atom stereocenters. The molecular weight excluding hydrogens is 352 g/mol. The van der Waals surface area contributed by atoms with E-state index < -0.39 is 0 Å². The van der Waals surface area contributed by atoms with E-state index in [4.69, 9.17) is 4.99 Å².